The van der Waals surface area contributed by atoms with Crippen LogP contribution in [0, 0.1) is 10.1 Å². The summed E-state index contributed by atoms with van der Waals surface area (Å²) in [4.78, 5) is 34.0. The highest BCUT2D eigenvalue weighted by Crippen LogP contribution is 2.25. The van der Waals surface area contributed by atoms with E-state index in [1.54, 1.807) is 24.3 Å². The Balaban J connectivity index is 1.79. The molecule has 0 fully saturated rings. The predicted molar refractivity (Wildman–Crippen MR) is 108 cm³/mol. The molecule has 152 valence electrons. The maximum absolute atomic E-state index is 12.1. The lowest BCUT2D eigenvalue weighted by molar-refractivity contribution is -0.384. The molecule has 2 aromatic carbocycles. The van der Waals surface area contributed by atoms with E-state index in [0.29, 0.717) is 11.5 Å². The molecule has 2 rings (SSSR count). The Labute approximate surface area is 175 Å². The van der Waals surface area contributed by atoms with Gasteiger partial charge in [-0.3, -0.25) is 35.9 Å². The van der Waals surface area contributed by atoms with Gasteiger partial charge in [0, 0.05) is 11.6 Å². The van der Waals surface area contributed by atoms with Gasteiger partial charge in [0.2, 0.25) is 0 Å². The molecule has 0 saturated carbocycles. The number of carbonyl (C=O) groups is 2. The van der Waals surface area contributed by atoms with E-state index in [-0.39, 0.29) is 22.3 Å². The Morgan fingerprint density at radius 1 is 1.14 bits per heavy atom. The number of methoxy groups -OCH3 is 1. The highest BCUT2D eigenvalue weighted by Gasteiger charge is 2.17. The van der Waals surface area contributed by atoms with Gasteiger partial charge in [-0.25, -0.2) is 0 Å². The molecule has 0 saturated heterocycles. The quantitative estimate of drug-likeness (QED) is 0.354. The molecular formula is C17H15ClN4O6S. The summed E-state index contributed by atoms with van der Waals surface area (Å²) in [5, 5.41) is 12.8. The highest BCUT2D eigenvalue weighted by atomic mass is 35.5. The van der Waals surface area contributed by atoms with Crippen molar-refractivity contribution in [3.63, 3.8) is 0 Å². The Bertz CT molecular complexity index is 938. The molecule has 0 aromatic heterocycles. The normalized spacial score (nSPS) is 9.86. The lowest BCUT2D eigenvalue weighted by atomic mass is 10.2. The fourth-order valence-corrected chi connectivity index (χ4v) is 2.31. The SMILES string of the molecule is COc1ccc(OCC(=O)NNC(=S)NC(=O)c2ccc(Cl)c([N+](=O)[O-])c2)cc1. The van der Waals surface area contributed by atoms with Gasteiger partial charge in [-0.2, -0.15) is 0 Å². The summed E-state index contributed by atoms with van der Waals surface area (Å²) in [5.41, 5.74) is 4.13. The van der Waals surface area contributed by atoms with E-state index in [9.17, 15) is 19.7 Å². The predicted octanol–water partition coefficient (Wildman–Crippen LogP) is 1.97. The first-order valence-corrected chi connectivity index (χ1v) is 8.69. The van der Waals surface area contributed by atoms with Gasteiger partial charge >= 0.3 is 0 Å². The van der Waals surface area contributed by atoms with Crippen LogP contribution in [0.4, 0.5) is 5.69 Å². The van der Waals surface area contributed by atoms with E-state index in [1.165, 1.54) is 19.2 Å². The van der Waals surface area contributed by atoms with Gasteiger partial charge < -0.3 is 9.47 Å². The minimum atomic E-state index is -0.717. The number of carbonyl (C=O) groups excluding carboxylic acids is 2. The monoisotopic (exact) mass is 438 g/mol. The number of benzene rings is 2. The Hall–Kier alpha value is -3.44. The smallest absolute Gasteiger partial charge is 0.288 e. The molecule has 0 atom stereocenters. The molecule has 0 aliphatic rings. The number of nitrogens with zero attached hydrogens (tertiary/aromatic N) is 1. The number of nitro benzene ring substituents is 1. The van der Waals surface area contributed by atoms with Crippen molar-refractivity contribution < 1.29 is 24.0 Å². The van der Waals surface area contributed by atoms with Gasteiger partial charge in [-0.05, 0) is 48.6 Å². The van der Waals surface area contributed by atoms with E-state index in [1.807, 2.05) is 0 Å². The number of thiocarbonyl (C=S) groups is 1. The minimum absolute atomic E-state index is 0.0283. The molecule has 0 aliphatic heterocycles. The van der Waals surface area contributed by atoms with Gasteiger partial charge in [-0.15, -0.1) is 0 Å². The number of ether oxygens (including phenoxy) is 2. The van der Waals surface area contributed by atoms with Crippen LogP contribution in [0.2, 0.25) is 5.02 Å². The number of halogens is 1. The second-order valence-corrected chi connectivity index (χ2v) is 6.16. The molecule has 0 radical (unpaired) electrons. The summed E-state index contributed by atoms with van der Waals surface area (Å²) in [6, 6.07) is 10.2. The Morgan fingerprint density at radius 3 is 2.41 bits per heavy atom. The molecule has 12 heteroatoms. The number of nitro groups is 1. The molecule has 2 aromatic rings. The topological polar surface area (TPSA) is 132 Å². The highest BCUT2D eigenvalue weighted by molar-refractivity contribution is 7.80. The van der Waals surface area contributed by atoms with E-state index in [0.717, 1.165) is 6.07 Å². The number of rotatable bonds is 6. The third-order valence-electron chi connectivity index (χ3n) is 3.38. The van der Waals surface area contributed by atoms with Crippen molar-refractivity contribution in [1.29, 1.82) is 0 Å². The second-order valence-electron chi connectivity index (χ2n) is 5.34. The Kier molecular flexibility index (Phi) is 7.69. The van der Waals surface area contributed by atoms with Crippen LogP contribution in [-0.2, 0) is 4.79 Å². The number of hydrogen-bond donors (Lipinski definition) is 3. The Morgan fingerprint density at radius 2 is 1.79 bits per heavy atom. The van der Waals surface area contributed by atoms with Gasteiger partial charge in [0.15, 0.2) is 11.7 Å². The van der Waals surface area contributed by atoms with Crippen molar-refractivity contribution in [2.45, 2.75) is 0 Å². The van der Waals surface area contributed by atoms with Crippen LogP contribution in [0.1, 0.15) is 10.4 Å². The fourth-order valence-electron chi connectivity index (χ4n) is 1.98. The first kappa shape index (κ1) is 21.9. The molecule has 10 nitrogen and oxygen atoms in total. The zero-order chi connectivity index (χ0) is 21.4. The van der Waals surface area contributed by atoms with E-state index in [4.69, 9.17) is 33.3 Å². The van der Waals surface area contributed by atoms with Crippen molar-refractivity contribution in [2.75, 3.05) is 13.7 Å². The summed E-state index contributed by atoms with van der Waals surface area (Å²) in [6.45, 7) is -0.306. The molecule has 2 amide bonds. The zero-order valence-corrected chi connectivity index (χ0v) is 16.5. The van der Waals surface area contributed by atoms with Crippen LogP contribution >= 0.6 is 23.8 Å². The molecule has 0 heterocycles. The summed E-state index contributed by atoms with van der Waals surface area (Å²) in [7, 11) is 1.53. The van der Waals surface area contributed by atoms with Crippen molar-refractivity contribution in [1.82, 2.24) is 16.2 Å². The minimum Gasteiger partial charge on any atom is -0.497 e. The summed E-state index contributed by atoms with van der Waals surface area (Å²) < 4.78 is 10.3. The van der Waals surface area contributed by atoms with Crippen LogP contribution in [0.3, 0.4) is 0 Å². The molecule has 0 unspecified atom stereocenters. The number of hydrazine groups is 1. The van der Waals surface area contributed by atoms with Crippen LogP contribution in [0.25, 0.3) is 0 Å². The third kappa shape index (κ3) is 6.59. The van der Waals surface area contributed by atoms with Crippen LogP contribution in [0.15, 0.2) is 42.5 Å². The number of amides is 2. The average Bonchev–Trinajstić information content (AvgIpc) is 2.71. The van der Waals surface area contributed by atoms with Gasteiger partial charge in [0.05, 0.1) is 12.0 Å². The van der Waals surface area contributed by atoms with E-state index < -0.39 is 22.4 Å². The molecule has 0 bridgehead atoms. The largest absolute Gasteiger partial charge is 0.497 e. The van der Waals surface area contributed by atoms with Gasteiger partial charge in [0.25, 0.3) is 17.5 Å². The molecular weight excluding hydrogens is 424 g/mol. The first-order valence-electron chi connectivity index (χ1n) is 7.91. The standard InChI is InChI=1S/C17H15ClN4O6S/c1-27-11-3-5-12(6-4-11)28-9-15(23)20-21-17(29)19-16(24)10-2-7-13(18)14(8-10)22(25)26/h2-8H,9H2,1H3,(H,20,23)(H2,19,21,24,29). The third-order valence-corrected chi connectivity index (χ3v) is 3.90. The summed E-state index contributed by atoms with van der Waals surface area (Å²) in [6.07, 6.45) is 0. The summed E-state index contributed by atoms with van der Waals surface area (Å²) >= 11 is 10.6. The second kappa shape index (κ2) is 10.2. The van der Waals surface area contributed by atoms with E-state index in [2.05, 4.69) is 16.2 Å². The lowest BCUT2D eigenvalue weighted by Gasteiger charge is -2.11. The lowest BCUT2D eigenvalue weighted by Crippen LogP contribution is -2.49. The average molecular weight is 439 g/mol. The summed E-state index contributed by atoms with van der Waals surface area (Å²) in [5.74, 6) is -0.165. The maximum atomic E-state index is 12.1. The van der Waals surface area contributed by atoms with Crippen LogP contribution < -0.4 is 25.6 Å². The van der Waals surface area contributed by atoms with Crippen molar-refractivity contribution in [3.05, 3.63) is 63.2 Å². The maximum Gasteiger partial charge on any atom is 0.288 e. The molecule has 0 spiro atoms. The molecule has 3 N–H and O–H groups in total. The first-order chi connectivity index (χ1) is 13.8. The zero-order valence-electron chi connectivity index (χ0n) is 14.9. The molecule has 0 aliphatic carbocycles. The van der Waals surface area contributed by atoms with E-state index >= 15 is 0 Å². The van der Waals surface area contributed by atoms with Crippen LogP contribution in [0.5, 0.6) is 11.5 Å². The number of nitrogens with one attached hydrogen (secondary N) is 3. The molecule has 29 heavy (non-hydrogen) atoms. The van der Waals surface area contributed by atoms with Gasteiger partial charge in [-0.1, -0.05) is 11.6 Å². The van der Waals surface area contributed by atoms with Gasteiger partial charge in [0.1, 0.15) is 16.5 Å². The fraction of sp³-hybridized carbons (Fsp3) is 0.118. The van der Waals surface area contributed by atoms with Crippen LogP contribution in [-0.4, -0.2) is 35.6 Å². The number of hydrogen-bond acceptors (Lipinski definition) is 7. The van der Waals surface area contributed by atoms with Crippen molar-refractivity contribution >= 4 is 46.4 Å². The van der Waals surface area contributed by atoms with Crippen molar-refractivity contribution in [3.8, 4) is 11.5 Å². The van der Waals surface area contributed by atoms with Crippen molar-refractivity contribution in [2.24, 2.45) is 0 Å².